The molecule has 1 aliphatic rings. The number of carbonyl (C=O) groups excluding carboxylic acids is 2. The number of hydrogen-bond acceptors (Lipinski definition) is 11. The third kappa shape index (κ3) is 7.84. The largest absolute Gasteiger partial charge is 0.504 e. The van der Waals surface area contributed by atoms with E-state index in [1.807, 2.05) is 13.0 Å². The number of carboxylic acids is 1. The second kappa shape index (κ2) is 14.2. The van der Waals surface area contributed by atoms with Gasteiger partial charge in [-0.3, -0.25) is 0 Å². The summed E-state index contributed by atoms with van der Waals surface area (Å²) in [5.41, 5.74) is -0.442. The number of aryl methyl sites for hydroxylation is 1. The Morgan fingerprint density at radius 2 is 1.30 bits per heavy atom. The number of aliphatic carboxylic acids is 1. The van der Waals surface area contributed by atoms with E-state index in [1.54, 1.807) is 18.2 Å². The summed E-state index contributed by atoms with van der Waals surface area (Å²) in [4.78, 5) is 38.5. The van der Waals surface area contributed by atoms with Gasteiger partial charge in [0.1, 0.15) is 6.10 Å². The molecular formula is C34H34O12. The minimum absolute atomic E-state index is 0.131. The van der Waals surface area contributed by atoms with Crippen LogP contribution in [0, 0.1) is 5.92 Å². The molecule has 3 aromatic carbocycles. The van der Waals surface area contributed by atoms with Crippen LogP contribution in [0.25, 0.3) is 12.2 Å². The van der Waals surface area contributed by atoms with Gasteiger partial charge < -0.3 is 45.2 Å². The van der Waals surface area contributed by atoms with Gasteiger partial charge in [0.15, 0.2) is 34.7 Å². The first kappa shape index (κ1) is 33.6. The monoisotopic (exact) mass is 634 g/mol. The Hall–Kier alpha value is -5.33. The lowest BCUT2D eigenvalue weighted by Crippen LogP contribution is -2.65. The number of hydrogen-bond donors (Lipinski definition) is 7. The summed E-state index contributed by atoms with van der Waals surface area (Å²) >= 11 is 0. The molecule has 0 amide bonds. The van der Waals surface area contributed by atoms with E-state index in [0.29, 0.717) is 23.1 Å². The van der Waals surface area contributed by atoms with Crippen molar-refractivity contribution in [1.82, 2.24) is 0 Å². The molecule has 12 nitrogen and oxygen atoms in total. The van der Waals surface area contributed by atoms with E-state index in [0.717, 1.165) is 17.7 Å². The van der Waals surface area contributed by atoms with Crippen LogP contribution in [0.3, 0.4) is 0 Å². The molecule has 0 saturated heterocycles. The Balaban J connectivity index is 1.68. The number of aliphatic hydroxyl groups is 2. The zero-order valence-electron chi connectivity index (χ0n) is 24.7. The highest BCUT2D eigenvalue weighted by Gasteiger charge is 2.59. The van der Waals surface area contributed by atoms with Crippen LogP contribution in [0.5, 0.6) is 23.0 Å². The fourth-order valence-electron chi connectivity index (χ4n) is 5.33. The van der Waals surface area contributed by atoms with E-state index in [1.165, 1.54) is 48.6 Å². The van der Waals surface area contributed by atoms with Gasteiger partial charge in [-0.25, -0.2) is 14.4 Å². The lowest BCUT2D eigenvalue weighted by Gasteiger charge is -2.46. The fraction of sp³-hybridized carbons (Fsp3) is 0.265. The van der Waals surface area contributed by atoms with E-state index in [-0.39, 0.29) is 17.9 Å². The molecule has 1 fully saturated rings. The number of carbonyl (C=O) groups is 3. The van der Waals surface area contributed by atoms with Gasteiger partial charge in [0.05, 0.1) is 6.10 Å². The zero-order valence-corrected chi connectivity index (χ0v) is 24.7. The highest BCUT2D eigenvalue weighted by atomic mass is 16.6. The summed E-state index contributed by atoms with van der Waals surface area (Å²) in [6.45, 7) is 1.93. The molecule has 5 unspecified atom stereocenters. The highest BCUT2D eigenvalue weighted by molar-refractivity contribution is 5.88. The van der Waals surface area contributed by atoms with Crippen LogP contribution in [0.15, 0.2) is 72.8 Å². The minimum Gasteiger partial charge on any atom is -0.504 e. The summed E-state index contributed by atoms with van der Waals surface area (Å²) in [6, 6.07) is 14.7. The Kier molecular flexibility index (Phi) is 10.3. The molecule has 46 heavy (non-hydrogen) atoms. The van der Waals surface area contributed by atoms with E-state index >= 15 is 0 Å². The number of esters is 2. The maximum atomic E-state index is 13.1. The second-order valence-electron chi connectivity index (χ2n) is 11.0. The van der Waals surface area contributed by atoms with Crippen molar-refractivity contribution in [2.45, 2.75) is 50.1 Å². The Labute approximate surface area is 263 Å². The van der Waals surface area contributed by atoms with Gasteiger partial charge in [0.25, 0.3) is 0 Å². The van der Waals surface area contributed by atoms with Crippen molar-refractivity contribution < 1.29 is 59.6 Å². The maximum Gasteiger partial charge on any atom is 0.336 e. The quantitative estimate of drug-likeness (QED) is 0.0975. The molecule has 0 aliphatic heterocycles. The summed E-state index contributed by atoms with van der Waals surface area (Å²) in [7, 11) is 0. The smallest absolute Gasteiger partial charge is 0.336 e. The molecule has 242 valence electrons. The van der Waals surface area contributed by atoms with Crippen molar-refractivity contribution in [1.29, 1.82) is 0 Å². The maximum absolute atomic E-state index is 13.1. The van der Waals surface area contributed by atoms with Gasteiger partial charge in [0, 0.05) is 24.5 Å². The average Bonchev–Trinajstić information content (AvgIpc) is 3.02. The topological polar surface area (TPSA) is 211 Å². The van der Waals surface area contributed by atoms with Crippen molar-refractivity contribution >= 4 is 30.1 Å². The number of phenols is 4. The first-order valence-corrected chi connectivity index (χ1v) is 14.3. The molecule has 5 atom stereocenters. The van der Waals surface area contributed by atoms with E-state index < -0.39 is 65.7 Å². The number of aromatic hydroxyl groups is 4. The molecule has 0 radical (unpaired) electrons. The van der Waals surface area contributed by atoms with Crippen molar-refractivity contribution in [3.8, 4) is 23.0 Å². The van der Waals surface area contributed by atoms with Gasteiger partial charge in [0.2, 0.25) is 0 Å². The number of aliphatic hydroxyl groups excluding tert-OH is 1. The molecule has 4 rings (SSSR count). The van der Waals surface area contributed by atoms with E-state index in [4.69, 9.17) is 9.47 Å². The lowest BCUT2D eigenvalue weighted by molar-refractivity contribution is -0.223. The van der Waals surface area contributed by atoms with Crippen molar-refractivity contribution in [2.75, 3.05) is 0 Å². The summed E-state index contributed by atoms with van der Waals surface area (Å²) in [5.74, 6) is -6.73. The summed E-state index contributed by atoms with van der Waals surface area (Å²) in [5, 5.41) is 71.1. The van der Waals surface area contributed by atoms with Gasteiger partial charge in [-0.05, 0) is 71.5 Å². The second-order valence-corrected chi connectivity index (χ2v) is 11.0. The SMILES string of the molecule is CCc1cccc(CC2C(OC(=O)C=Cc3ccc(O)c(O)c3)C(OC(=O)C=Cc3ccc(O)c(O)c3)C(O)CC2(O)C(=O)O)c1. The van der Waals surface area contributed by atoms with Crippen molar-refractivity contribution in [3.05, 3.63) is 95.1 Å². The molecule has 7 N–H and O–H groups in total. The number of rotatable bonds is 10. The van der Waals surface area contributed by atoms with Gasteiger partial charge in [-0.1, -0.05) is 43.3 Å². The molecule has 1 saturated carbocycles. The molecule has 12 heteroatoms. The fourth-order valence-corrected chi connectivity index (χ4v) is 5.33. The normalized spacial score (nSPS) is 22.9. The predicted molar refractivity (Wildman–Crippen MR) is 164 cm³/mol. The molecule has 0 spiro atoms. The van der Waals surface area contributed by atoms with Gasteiger partial charge in [-0.2, -0.15) is 0 Å². The molecule has 1 aliphatic carbocycles. The van der Waals surface area contributed by atoms with Crippen LogP contribution < -0.4 is 0 Å². The Morgan fingerprint density at radius 1 is 0.783 bits per heavy atom. The summed E-state index contributed by atoms with van der Waals surface area (Å²) in [6.07, 6.45) is -0.820. The molecule has 3 aromatic rings. The number of phenolic OH excluding ortho intramolecular Hbond substituents is 4. The Morgan fingerprint density at radius 3 is 1.80 bits per heavy atom. The Bertz CT molecular complexity index is 1660. The third-order valence-corrected chi connectivity index (χ3v) is 7.79. The van der Waals surface area contributed by atoms with Crippen molar-refractivity contribution in [3.63, 3.8) is 0 Å². The minimum atomic E-state index is -2.60. The highest BCUT2D eigenvalue weighted by Crippen LogP contribution is 2.40. The van der Waals surface area contributed by atoms with Gasteiger partial charge in [-0.15, -0.1) is 0 Å². The molecule has 0 heterocycles. The first-order chi connectivity index (χ1) is 21.8. The average molecular weight is 635 g/mol. The van der Waals surface area contributed by atoms with E-state index in [2.05, 4.69) is 0 Å². The lowest BCUT2D eigenvalue weighted by atomic mass is 9.68. The summed E-state index contributed by atoms with van der Waals surface area (Å²) < 4.78 is 11.2. The van der Waals surface area contributed by atoms with Crippen LogP contribution in [-0.2, 0) is 36.7 Å². The van der Waals surface area contributed by atoms with Crippen LogP contribution in [0.2, 0.25) is 0 Å². The number of benzene rings is 3. The van der Waals surface area contributed by atoms with Crippen LogP contribution in [-0.4, -0.2) is 77.6 Å². The van der Waals surface area contributed by atoms with Crippen LogP contribution in [0.4, 0.5) is 0 Å². The molecular weight excluding hydrogens is 600 g/mol. The van der Waals surface area contributed by atoms with Crippen LogP contribution >= 0.6 is 0 Å². The zero-order chi connectivity index (χ0) is 33.6. The standard InChI is InChI=1S/C34H34O12/c1-2-19-4-3-5-22(14-19)15-23-31(45-29(40)12-8-20-6-10-24(35)26(37)16-20)32(28(39)18-34(23,44)33(42)43)46-30(41)13-9-21-7-11-25(36)27(38)17-21/h3-14,16-17,23,28,31-32,35-39,44H,2,15,18H2,1H3,(H,42,43). The van der Waals surface area contributed by atoms with Gasteiger partial charge >= 0.3 is 17.9 Å². The molecule has 0 aromatic heterocycles. The number of ether oxygens (including phenoxy) is 2. The molecule has 0 bridgehead atoms. The van der Waals surface area contributed by atoms with E-state index in [9.17, 15) is 50.1 Å². The third-order valence-electron chi connectivity index (χ3n) is 7.79. The first-order valence-electron chi connectivity index (χ1n) is 14.3. The van der Waals surface area contributed by atoms with Crippen LogP contribution in [0.1, 0.15) is 35.6 Å². The number of carboxylic acid groups (broad SMARTS) is 1. The van der Waals surface area contributed by atoms with Crippen molar-refractivity contribution in [2.24, 2.45) is 5.92 Å². The predicted octanol–water partition coefficient (Wildman–Crippen LogP) is 3.06.